The molecule has 1 heteroatoms. The molecule has 0 nitrogen and oxygen atoms in total. The molecule has 4 atom stereocenters. The molecule has 0 aromatic rings. The van der Waals surface area contributed by atoms with E-state index in [1.54, 1.807) is 0 Å². The van der Waals surface area contributed by atoms with Crippen LogP contribution >= 0.6 is 0 Å². The summed E-state index contributed by atoms with van der Waals surface area (Å²) < 4.78 is 0. The van der Waals surface area contributed by atoms with Crippen LogP contribution < -0.4 is 0 Å². The first-order valence-electron chi connectivity index (χ1n) is 4.38. The maximum absolute atomic E-state index is 4.20. The molecule has 0 heterocycles. The molecule has 4 unspecified atom stereocenters. The van der Waals surface area contributed by atoms with E-state index in [-0.39, 0.29) is 47.6 Å². The molecule has 0 aromatic carbocycles. The van der Waals surface area contributed by atoms with Crippen molar-refractivity contribution in [1.82, 2.24) is 0 Å². The van der Waals surface area contributed by atoms with Gasteiger partial charge < -0.3 is 21.8 Å². The summed E-state index contributed by atoms with van der Waals surface area (Å²) in [5.41, 5.74) is 0. The third-order valence-corrected chi connectivity index (χ3v) is 3.84. The predicted octanol–water partition coefficient (Wildman–Crippen LogP) is 3.89. The minimum atomic E-state index is 0. The molecule has 0 spiro atoms. The van der Waals surface area contributed by atoms with Gasteiger partial charge >= 0.3 is 32.7 Å². The number of rotatable bonds is 0. The molecule has 1 fully saturated rings. The first-order chi connectivity index (χ1) is 4.55. The summed E-state index contributed by atoms with van der Waals surface area (Å²) in [5, 5.41) is 0. The van der Waals surface area contributed by atoms with Crippen molar-refractivity contribution in [2.24, 2.45) is 29.6 Å². The number of hydrogen-bond acceptors (Lipinski definition) is 0. The Hall–Kier alpha value is 1.10. The summed E-state index contributed by atoms with van der Waals surface area (Å²) >= 11 is 0. The molecule has 0 N–H and O–H groups in total. The van der Waals surface area contributed by atoms with Crippen LogP contribution in [0.1, 0.15) is 27.7 Å². The van der Waals surface area contributed by atoms with Gasteiger partial charge in [0, 0.05) is 0 Å². The maximum Gasteiger partial charge on any atom is 3.00 e. The molecule has 0 bridgehead atoms. The van der Waals surface area contributed by atoms with Crippen LogP contribution in [0, 0.1) is 51.4 Å². The first-order valence-corrected chi connectivity index (χ1v) is 4.38. The molecule has 1 aliphatic carbocycles. The zero-order chi connectivity index (χ0) is 7.89. The normalized spacial score (nSPS) is 42.7. The standard InChI is InChI=1S/C10H19.2CH3.Y/c1-6-7(2)9(4)10(5)8(6)3;;;/h6-10H,1H2,2-5H3;2*1H3;/q3*-1;+3. The van der Waals surface area contributed by atoms with Gasteiger partial charge in [0.15, 0.2) is 0 Å². The van der Waals surface area contributed by atoms with E-state index in [1.165, 1.54) is 0 Å². The summed E-state index contributed by atoms with van der Waals surface area (Å²) in [6.07, 6.45) is 0. The van der Waals surface area contributed by atoms with Crippen molar-refractivity contribution >= 4 is 0 Å². The van der Waals surface area contributed by atoms with Crippen LogP contribution in [-0.2, 0) is 32.7 Å². The summed E-state index contributed by atoms with van der Waals surface area (Å²) in [5.74, 6) is 4.08. The summed E-state index contributed by atoms with van der Waals surface area (Å²) in [6.45, 7) is 13.6. The van der Waals surface area contributed by atoms with Crippen LogP contribution in [0.5, 0.6) is 0 Å². The Morgan fingerprint density at radius 2 is 0.923 bits per heavy atom. The fourth-order valence-corrected chi connectivity index (χ4v) is 2.22. The van der Waals surface area contributed by atoms with Crippen LogP contribution in [0.25, 0.3) is 0 Å². The molecule has 1 rings (SSSR count). The SMILES string of the molecule is [CH2-]C1C(C)C(C)C(C)C1C.[CH3-].[CH3-].[Y+3]. The summed E-state index contributed by atoms with van der Waals surface area (Å²) in [7, 11) is 0. The molecule has 13 heavy (non-hydrogen) atoms. The molecule has 0 radical (unpaired) electrons. The summed E-state index contributed by atoms with van der Waals surface area (Å²) in [4.78, 5) is 0. The van der Waals surface area contributed by atoms with Gasteiger partial charge in [0.2, 0.25) is 0 Å². The Morgan fingerprint density at radius 1 is 0.692 bits per heavy atom. The molecule has 0 saturated heterocycles. The largest absolute Gasteiger partial charge is 3.00 e. The Bertz CT molecular complexity index is 77.5. The molecule has 1 aliphatic rings. The van der Waals surface area contributed by atoms with Crippen molar-refractivity contribution in [3.8, 4) is 0 Å². The second-order valence-electron chi connectivity index (χ2n) is 4.10. The van der Waals surface area contributed by atoms with Crippen molar-refractivity contribution in [2.45, 2.75) is 27.7 Å². The van der Waals surface area contributed by atoms with Gasteiger partial charge in [-0.1, -0.05) is 39.5 Å². The first kappa shape index (κ1) is 19.6. The van der Waals surface area contributed by atoms with Crippen molar-refractivity contribution < 1.29 is 32.7 Å². The van der Waals surface area contributed by atoms with E-state index >= 15 is 0 Å². The number of hydrogen-bond donors (Lipinski definition) is 0. The molecular formula is C12H25Y. The average molecular weight is 258 g/mol. The van der Waals surface area contributed by atoms with Gasteiger partial charge in [0.05, 0.1) is 0 Å². The van der Waals surface area contributed by atoms with Gasteiger partial charge in [0.25, 0.3) is 0 Å². The van der Waals surface area contributed by atoms with Crippen LogP contribution in [0.15, 0.2) is 0 Å². The van der Waals surface area contributed by atoms with Crippen LogP contribution in [0.3, 0.4) is 0 Å². The van der Waals surface area contributed by atoms with E-state index in [4.69, 9.17) is 0 Å². The topological polar surface area (TPSA) is 0 Å². The van der Waals surface area contributed by atoms with E-state index in [0.29, 0.717) is 5.92 Å². The van der Waals surface area contributed by atoms with Crippen LogP contribution in [-0.4, -0.2) is 0 Å². The van der Waals surface area contributed by atoms with E-state index in [1.807, 2.05) is 0 Å². The third kappa shape index (κ3) is 3.63. The molecule has 1 saturated carbocycles. The second-order valence-corrected chi connectivity index (χ2v) is 4.10. The van der Waals surface area contributed by atoms with Crippen molar-refractivity contribution in [1.29, 1.82) is 0 Å². The van der Waals surface area contributed by atoms with E-state index in [9.17, 15) is 0 Å². The minimum Gasteiger partial charge on any atom is -0.358 e. The van der Waals surface area contributed by atoms with Gasteiger partial charge in [-0.15, -0.1) is 0 Å². The van der Waals surface area contributed by atoms with Gasteiger partial charge in [-0.2, -0.15) is 5.92 Å². The predicted molar refractivity (Wildman–Crippen MR) is 58.3 cm³/mol. The molecule has 0 aliphatic heterocycles. The van der Waals surface area contributed by atoms with Crippen LogP contribution in [0.4, 0.5) is 0 Å². The van der Waals surface area contributed by atoms with Gasteiger partial charge in [-0.25, -0.2) is 0 Å². The maximum atomic E-state index is 4.20. The fraction of sp³-hybridized carbons (Fsp3) is 0.750. The van der Waals surface area contributed by atoms with Crippen molar-refractivity contribution in [2.75, 3.05) is 0 Å². The molecule has 0 amide bonds. The van der Waals surface area contributed by atoms with E-state index < -0.39 is 0 Å². The van der Waals surface area contributed by atoms with E-state index in [2.05, 4.69) is 34.6 Å². The summed E-state index contributed by atoms with van der Waals surface area (Å²) in [6, 6.07) is 0. The minimum absolute atomic E-state index is 0. The Balaban J connectivity index is -0.000000333. The zero-order valence-corrected chi connectivity index (χ0v) is 13.0. The van der Waals surface area contributed by atoms with E-state index in [0.717, 1.165) is 23.7 Å². The second kappa shape index (κ2) is 7.40. The molecule has 76 valence electrons. The Kier molecular flexibility index (Phi) is 11.2. The van der Waals surface area contributed by atoms with Gasteiger partial charge in [-0.3, -0.25) is 0 Å². The zero-order valence-electron chi connectivity index (χ0n) is 10.2. The van der Waals surface area contributed by atoms with Gasteiger partial charge in [-0.05, 0) is 11.8 Å². The molecular weight excluding hydrogens is 233 g/mol. The Labute approximate surface area is 111 Å². The van der Waals surface area contributed by atoms with Crippen molar-refractivity contribution in [3.63, 3.8) is 0 Å². The van der Waals surface area contributed by atoms with Crippen molar-refractivity contribution in [3.05, 3.63) is 21.8 Å². The monoisotopic (exact) mass is 258 g/mol. The smallest absolute Gasteiger partial charge is 0.358 e. The fourth-order valence-electron chi connectivity index (χ4n) is 2.22. The Morgan fingerprint density at radius 3 is 1.00 bits per heavy atom. The average Bonchev–Trinajstić information content (AvgIpc) is 2.07. The van der Waals surface area contributed by atoms with Gasteiger partial charge in [0.1, 0.15) is 0 Å². The molecule has 0 aromatic heterocycles. The third-order valence-electron chi connectivity index (χ3n) is 3.84. The van der Waals surface area contributed by atoms with Crippen LogP contribution in [0.2, 0.25) is 0 Å². The quantitative estimate of drug-likeness (QED) is 0.578.